The van der Waals surface area contributed by atoms with Crippen molar-refractivity contribution in [3.05, 3.63) is 23.0 Å². The first-order valence-corrected chi connectivity index (χ1v) is 7.04. The van der Waals surface area contributed by atoms with Crippen LogP contribution in [-0.4, -0.2) is 52.5 Å². The monoisotopic (exact) mass is 280 g/mol. The highest BCUT2D eigenvalue weighted by molar-refractivity contribution is 5.41. The zero-order valence-electron chi connectivity index (χ0n) is 12.5. The molecule has 5 nitrogen and oxygen atoms in total. The van der Waals surface area contributed by atoms with E-state index in [0.29, 0.717) is 19.5 Å². The fourth-order valence-electron chi connectivity index (χ4n) is 2.91. The van der Waals surface area contributed by atoms with Gasteiger partial charge in [0.2, 0.25) is 0 Å². The van der Waals surface area contributed by atoms with Gasteiger partial charge in [-0.15, -0.1) is 0 Å². The van der Waals surface area contributed by atoms with Crippen LogP contribution in [0.15, 0.2) is 6.20 Å². The molecular formula is C15H24N2O3. The van der Waals surface area contributed by atoms with Crippen LogP contribution in [0.3, 0.4) is 0 Å². The molecule has 2 N–H and O–H groups in total. The van der Waals surface area contributed by atoms with E-state index in [1.54, 1.807) is 7.11 Å². The summed E-state index contributed by atoms with van der Waals surface area (Å²) in [5.74, 6) is 0.879. The molecule has 5 heteroatoms. The molecule has 0 aromatic carbocycles. The van der Waals surface area contributed by atoms with Crippen LogP contribution in [0.25, 0.3) is 0 Å². The fraction of sp³-hybridized carbons (Fsp3) is 0.667. The molecular weight excluding hydrogens is 256 g/mol. The second kappa shape index (κ2) is 6.08. The molecule has 1 fully saturated rings. The highest BCUT2D eigenvalue weighted by atomic mass is 16.5. The number of ether oxygens (including phenoxy) is 1. The van der Waals surface area contributed by atoms with Crippen LogP contribution in [0.5, 0.6) is 5.75 Å². The number of aliphatic hydroxyl groups excluding tert-OH is 1. The minimum Gasteiger partial charge on any atom is -0.496 e. The molecule has 2 heterocycles. The molecule has 0 bridgehead atoms. The molecule has 0 spiro atoms. The maximum Gasteiger partial charge on any atom is 0.128 e. The summed E-state index contributed by atoms with van der Waals surface area (Å²) in [4.78, 5) is 6.63. The van der Waals surface area contributed by atoms with Gasteiger partial charge in [0.1, 0.15) is 11.4 Å². The van der Waals surface area contributed by atoms with Gasteiger partial charge >= 0.3 is 0 Å². The molecule has 1 aromatic heterocycles. The summed E-state index contributed by atoms with van der Waals surface area (Å²) in [5.41, 5.74) is 2.07. The fourth-order valence-corrected chi connectivity index (χ4v) is 2.91. The van der Waals surface area contributed by atoms with Gasteiger partial charge in [-0.05, 0) is 33.2 Å². The van der Waals surface area contributed by atoms with Gasteiger partial charge in [0.05, 0.1) is 19.4 Å². The third-order valence-electron chi connectivity index (χ3n) is 4.05. The Morgan fingerprint density at radius 3 is 2.85 bits per heavy atom. The lowest BCUT2D eigenvalue weighted by Crippen LogP contribution is -2.50. The van der Waals surface area contributed by atoms with E-state index in [1.165, 1.54) is 0 Å². The van der Waals surface area contributed by atoms with Crippen molar-refractivity contribution in [2.45, 2.75) is 38.8 Å². The van der Waals surface area contributed by atoms with E-state index in [4.69, 9.17) is 4.74 Å². The number of likely N-dealkylation sites (tertiary alicyclic amines) is 1. The van der Waals surface area contributed by atoms with Crippen LogP contribution in [-0.2, 0) is 6.54 Å². The minimum atomic E-state index is -0.971. The van der Waals surface area contributed by atoms with Crippen molar-refractivity contribution < 1.29 is 14.9 Å². The zero-order valence-corrected chi connectivity index (χ0v) is 12.5. The van der Waals surface area contributed by atoms with Gasteiger partial charge in [-0.1, -0.05) is 0 Å². The van der Waals surface area contributed by atoms with Crippen molar-refractivity contribution in [3.63, 3.8) is 0 Å². The molecule has 0 unspecified atom stereocenters. The van der Waals surface area contributed by atoms with E-state index in [9.17, 15) is 10.2 Å². The number of hydrogen-bond acceptors (Lipinski definition) is 5. The second-order valence-electron chi connectivity index (χ2n) is 5.74. The largest absolute Gasteiger partial charge is 0.496 e. The summed E-state index contributed by atoms with van der Waals surface area (Å²) >= 11 is 0. The Kier molecular flexibility index (Phi) is 4.62. The molecule has 20 heavy (non-hydrogen) atoms. The molecule has 0 saturated carbocycles. The summed E-state index contributed by atoms with van der Waals surface area (Å²) in [6.45, 7) is 5.88. The predicted molar refractivity (Wildman–Crippen MR) is 76.8 cm³/mol. The number of methoxy groups -OCH3 is 1. The average molecular weight is 280 g/mol. The van der Waals surface area contributed by atoms with Gasteiger partial charge in [0, 0.05) is 30.4 Å². The third-order valence-corrected chi connectivity index (χ3v) is 4.05. The Balaban J connectivity index is 2.14. The zero-order chi connectivity index (χ0) is 14.8. The summed E-state index contributed by atoms with van der Waals surface area (Å²) in [7, 11) is 1.67. The Labute approximate surface area is 120 Å². The quantitative estimate of drug-likeness (QED) is 0.862. The first-order chi connectivity index (χ1) is 9.49. The van der Waals surface area contributed by atoms with Crippen LogP contribution in [0, 0.1) is 13.8 Å². The molecule has 2 rings (SSSR count). The second-order valence-corrected chi connectivity index (χ2v) is 5.74. The summed E-state index contributed by atoms with van der Waals surface area (Å²) in [5, 5.41) is 19.5. The average Bonchev–Trinajstić information content (AvgIpc) is 2.43. The van der Waals surface area contributed by atoms with Gasteiger partial charge in [-0.3, -0.25) is 9.88 Å². The molecule has 1 aliphatic heterocycles. The third kappa shape index (κ3) is 3.11. The lowest BCUT2D eigenvalue weighted by molar-refractivity contribution is -0.0689. The SMILES string of the molecule is COc1c(C)cnc(CN2CCC[C@](O)(CO)C2)c1C. The maximum absolute atomic E-state index is 10.2. The molecule has 1 atom stereocenters. The maximum atomic E-state index is 10.2. The number of aliphatic hydroxyl groups is 2. The number of β-amino-alcohol motifs (C(OH)–C–C–N with tert-alkyl or cyclic N) is 1. The van der Waals surface area contributed by atoms with Crippen LogP contribution in [0.2, 0.25) is 0 Å². The van der Waals surface area contributed by atoms with Crippen molar-refractivity contribution in [1.29, 1.82) is 0 Å². The lowest BCUT2D eigenvalue weighted by atomic mass is 9.93. The van der Waals surface area contributed by atoms with E-state index in [2.05, 4.69) is 9.88 Å². The molecule has 0 amide bonds. The number of aryl methyl sites for hydroxylation is 1. The van der Waals surface area contributed by atoms with Gasteiger partial charge in [-0.2, -0.15) is 0 Å². The number of aromatic nitrogens is 1. The number of piperidine rings is 1. The van der Waals surface area contributed by atoms with Crippen LogP contribution in [0.4, 0.5) is 0 Å². The van der Waals surface area contributed by atoms with E-state index < -0.39 is 5.60 Å². The van der Waals surface area contributed by atoms with Crippen LogP contribution < -0.4 is 4.74 Å². The Hall–Kier alpha value is -1.17. The predicted octanol–water partition coefficient (Wildman–Crippen LogP) is 1.03. The highest BCUT2D eigenvalue weighted by Gasteiger charge is 2.32. The first kappa shape index (κ1) is 15.2. The minimum absolute atomic E-state index is 0.187. The lowest BCUT2D eigenvalue weighted by Gasteiger charge is -2.38. The van der Waals surface area contributed by atoms with E-state index in [1.807, 2.05) is 20.0 Å². The van der Waals surface area contributed by atoms with Gasteiger partial charge in [0.15, 0.2) is 0 Å². The number of hydrogen-bond donors (Lipinski definition) is 2. The topological polar surface area (TPSA) is 65.8 Å². The van der Waals surface area contributed by atoms with Crippen molar-refractivity contribution in [1.82, 2.24) is 9.88 Å². The summed E-state index contributed by atoms with van der Waals surface area (Å²) in [6.07, 6.45) is 3.37. The molecule has 1 aromatic rings. The number of pyridine rings is 1. The van der Waals surface area contributed by atoms with E-state index in [0.717, 1.165) is 35.5 Å². The highest BCUT2D eigenvalue weighted by Crippen LogP contribution is 2.27. The van der Waals surface area contributed by atoms with Crippen molar-refractivity contribution in [2.75, 3.05) is 26.8 Å². The molecule has 1 saturated heterocycles. The van der Waals surface area contributed by atoms with Crippen LogP contribution in [0.1, 0.15) is 29.7 Å². The first-order valence-electron chi connectivity index (χ1n) is 7.04. The Morgan fingerprint density at radius 2 is 2.20 bits per heavy atom. The Bertz CT molecular complexity index is 478. The van der Waals surface area contributed by atoms with E-state index >= 15 is 0 Å². The van der Waals surface area contributed by atoms with Crippen molar-refractivity contribution >= 4 is 0 Å². The summed E-state index contributed by atoms with van der Waals surface area (Å²) < 4.78 is 5.42. The van der Waals surface area contributed by atoms with Crippen LogP contribution >= 0.6 is 0 Å². The molecule has 112 valence electrons. The molecule has 1 aliphatic rings. The summed E-state index contributed by atoms with van der Waals surface area (Å²) in [6, 6.07) is 0. The smallest absolute Gasteiger partial charge is 0.128 e. The molecule has 0 radical (unpaired) electrons. The normalized spacial score (nSPS) is 23.9. The van der Waals surface area contributed by atoms with E-state index in [-0.39, 0.29) is 6.61 Å². The van der Waals surface area contributed by atoms with Gasteiger partial charge in [-0.25, -0.2) is 0 Å². The van der Waals surface area contributed by atoms with Gasteiger partial charge < -0.3 is 14.9 Å². The standard InChI is InChI=1S/C15H24N2O3/c1-11-7-16-13(12(2)14(11)20-3)8-17-6-4-5-15(19,9-17)10-18/h7,18-19H,4-6,8-10H2,1-3H3/t15-/m1/s1. The molecule has 0 aliphatic carbocycles. The number of nitrogens with zero attached hydrogens (tertiary/aromatic N) is 2. The van der Waals surface area contributed by atoms with Gasteiger partial charge in [0.25, 0.3) is 0 Å². The van der Waals surface area contributed by atoms with Crippen molar-refractivity contribution in [2.24, 2.45) is 0 Å². The number of rotatable bonds is 4. The van der Waals surface area contributed by atoms with Crippen molar-refractivity contribution in [3.8, 4) is 5.75 Å². The Morgan fingerprint density at radius 1 is 1.45 bits per heavy atom.